The van der Waals surface area contributed by atoms with Gasteiger partial charge in [0.1, 0.15) is 10.6 Å². The Balaban J connectivity index is 2.23. The highest BCUT2D eigenvalue weighted by Crippen LogP contribution is 2.38. The van der Waals surface area contributed by atoms with Crippen LogP contribution in [-0.2, 0) is 10.3 Å². The van der Waals surface area contributed by atoms with E-state index in [4.69, 9.17) is 4.74 Å². The zero-order chi connectivity index (χ0) is 10.2. The lowest BCUT2D eigenvalue weighted by Gasteiger charge is -2.19. The van der Waals surface area contributed by atoms with Crippen LogP contribution in [0, 0.1) is 0 Å². The molecule has 1 aliphatic heterocycles. The minimum Gasteiger partial charge on any atom is -0.388 e. The van der Waals surface area contributed by atoms with Crippen LogP contribution >= 0.6 is 11.3 Å². The molecule has 1 fully saturated rings. The first-order chi connectivity index (χ1) is 6.62. The lowest BCUT2D eigenvalue weighted by atomic mass is 10.0. The van der Waals surface area contributed by atoms with Crippen LogP contribution in [0.5, 0.6) is 0 Å². The molecule has 0 amide bonds. The van der Waals surface area contributed by atoms with Crippen molar-refractivity contribution < 1.29 is 9.84 Å². The van der Waals surface area contributed by atoms with E-state index in [-0.39, 0.29) is 5.60 Å². The number of aromatic nitrogens is 1. The van der Waals surface area contributed by atoms with Crippen LogP contribution in [0.4, 0.5) is 0 Å². The summed E-state index contributed by atoms with van der Waals surface area (Å²) in [6, 6.07) is 0. The van der Waals surface area contributed by atoms with Gasteiger partial charge in [0, 0.05) is 12.8 Å². The fraction of sp³-hybridized carbons (Fsp3) is 0.700. The maximum atomic E-state index is 9.39. The van der Waals surface area contributed by atoms with E-state index in [1.165, 1.54) is 0 Å². The maximum Gasteiger partial charge on any atom is 0.125 e. The number of hydrogen-bond donors (Lipinski definition) is 1. The molecule has 1 N–H and O–H groups in total. The fourth-order valence-corrected chi connectivity index (χ4v) is 2.65. The van der Waals surface area contributed by atoms with Crippen LogP contribution in [0.15, 0.2) is 6.20 Å². The highest BCUT2D eigenvalue weighted by molar-refractivity contribution is 7.11. The zero-order valence-corrected chi connectivity index (χ0v) is 9.30. The van der Waals surface area contributed by atoms with Gasteiger partial charge in [0.05, 0.1) is 11.0 Å². The van der Waals surface area contributed by atoms with Gasteiger partial charge in [-0.1, -0.05) is 0 Å². The van der Waals surface area contributed by atoms with Crippen molar-refractivity contribution in [2.24, 2.45) is 0 Å². The number of aliphatic hydroxyl groups is 1. The summed E-state index contributed by atoms with van der Waals surface area (Å²) < 4.78 is 5.69. The lowest BCUT2D eigenvalue weighted by Crippen LogP contribution is -2.19. The van der Waals surface area contributed by atoms with E-state index < -0.39 is 6.10 Å². The summed E-state index contributed by atoms with van der Waals surface area (Å²) in [5.41, 5.74) is -0.211. The van der Waals surface area contributed by atoms with Gasteiger partial charge in [-0.15, -0.1) is 11.3 Å². The number of hydrogen-bond acceptors (Lipinski definition) is 4. The van der Waals surface area contributed by atoms with Gasteiger partial charge in [-0.2, -0.15) is 0 Å². The van der Waals surface area contributed by atoms with Gasteiger partial charge in [0.2, 0.25) is 0 Å². The Morgan fingerprint density at radius 1 is 1.71 bits per heavy atom. The van der Waals surface area contributed by atoms with Crippen LogP contribution in [0.1, 0.15) is 42.7 Å². The number of rotatable bonds is 2. The number of ether oxygens (including phenoxy) is 1. The Hall–Kier alpha value is -0.450. The van der Waals surface area contributed by atoms with Crippen LogP contribution in [0.2, 0.25) is 0 Å². The molecule has 3 nitrogen and oxygen atoms in total. The molecule has 1 aromatic heterocycles. The van der Waals surface area contributed by atoms with Crippen LogP contribution in [-0.4, -0.2) is 16.7 Å². The molecule has 0 bridgehead atoms. The average Bonchev–Trinajstić information content (AvgIpc) is 2.71. The molecule has 0 radical (unpaired) electrons. The minimum atomic E-state index is -0.425. The Morgan fingerprint density at radius 2 is 2.50 bits per heavy atom. The van der Waals surface area contributed by atoms with Gasteiger partial charge in [-0.3, -0.25) is 0 Å². The van der Waals surface area contributed by atoms with Gasteiger partial charge in [-0.25, -0.2) is 4.98 Å². The molecule has 2 unspecified atom stereocenters. The Morgan fingerprint density at radius 3 is 3.00 bits per heavy atom. The Labute approximate surface area is 87.7 Å². The molecule has 1 aromatic rings. The molecule has 0 aliphatic carbocycles. The smallest absolute Gasteiger partial charge is 0.125 e. The third kappa shape index (κ3) is 1.69. The number of aliphatic hydroxyl groups excluding tert-OH is 1. The lowest BCUT2D eigenvalue weighted by molar-refractivity contribution is 0.0166. The van der Waals surface area contributed by atoms with Crippen molar-refractivity contribution in [3.8, 4) is 0 Å². The normalized spacial score (nSPS) is 29.4. The van der Waals surface area contributed by atoms with Crippen molar-refractivity contribution >= 4 is 11.3 Å². The van der Waals surface area contributed by atoms with E-state index in [9.17, 15) is 5.11 Å². The van der Waals surface area contributed by atoms with Crippen LogP contribution in [0.3, 0.4) is 0 Å². The van der Waals surface area contributed by atoms with Gasteiger partial charge in [-0.05, 0) is 26.7 Å². The molecule has 1 saturated heterocycles. The highest BCUT2D eigenvalue weighted by atomic mass is 32.1. The topological polar surface area (TPSA) is 42.4 Å². The predicted molar refractivity (Wildman–Crippen MR) is 55.3 cm³/mol. The molecule has 4 heteroatoms. The largest absolute Gasteiger partial charge is 0.388 e. The molecule has 2 atom stereocenters. The number of nitrogens with zero attached hydrogens (tertiary/aromatic N) is 1. The van der Waals surface area contributed by atoms with Crippen molar-refractivity contribution in [1.29, 1.82) is 0 Å². The second-order valence-electron chi connectivity index (χ2n) is 3.93. The summed E-state index contributed by atoms with van der Waals surface area (Å²) in [7, 11) is 0. The maximum absolute atomic E-state index is 9.39. The first-order valence-electron chi connectivity index (χ1n) is 4.90. The van der Waals surface area contributed by atoms with Gasteiger partial charge in [0.15, 0.2) is 0 Å². The summed E-state index contributed by atoms with van der Waals surface area (Å²) >= 11 is 1.55. The molecule has 14 heavy (non-hydrogen) atoms. The predicted octanol–water partition coefficient (Wildman–Crippen LogP) is 2.22. The van der Waals surface area contributed by atoms with E-state index >= 15 is 0 Å². The second-order valence-corrected chi connectivity index (χ2v) is 4.99. The van der Waals surface area contributed by atoms with E-state index in [1.807, 2.05) is 0 Å². The summed E-state index contributed by atoms with van der Waals surface area (Å²) in [6.45, 7) is 4.65. The van der Waals surface area contributed by atoms with Crippen molar-refractivity contribution in [3.05, 3.63) is 16.1 Å². The van der Waals surface area contributed by atoms with Gasteiger partial charge >= 0.3 is 0 Å². The van der Waals surface area contributed by atoms with Crippen molar-refractivity contribution in [3.63, 3.8) is 0 Å². The molecule has 78 valence electrons. The fourth-order valence-electron chi connectivity index (χ4n) is 1.67. The van der Waals surface area contributed by atoms with E-state index in [1.54, 1.807) is 24.5 Å². The van der Waals surface area contributed by atoms with Crippen LogP contribution in [0.25, 0.3) is 0 Å². The van der Waals surface area contributed by atoms with E-state index in [0.29, 0.717) is 0 Å². The molecule has 0 saturated carbocycles. The van der Waals surface area contributed by atoms with Crippen molar-refractivity contribution in [2.75, 3.05) is 6.61 Å². The monoisotopic (exact) mass is 213 g/mol. The number of thiazole rings is 1. The molecule has 2 rings (SSSR count). The van der Waals surface area contributed by atoms with Crippen molar-refractivity contribution in [1.82, 2.24) is 4.98 Å². The zero-order valence-electron chi connectivity index (χ0n) is 8.49. The highest BCUT2D eigenvalue weighted by Gasteiger charge is 2.34. The summed E-state index contributed by atoms with van der Waals surface area (Å²) in [5, 5.41) is 10.4. The molecule has 1 aliphatic rings. The first-order valence-corrected chi connectivity index (χ1v) is 5.72. The molecular formula is C10H15NO2S. The van der Waals surface area contributed by atoms with Gasteiger partial charge < -0.3 is 9.84 Å². The standard InChI is InChI=1S/C10H15NO2S/c1-7(12)8-6-11-9(14-8)10(2)4-3-5-13-10/h6-7,12H,3-5H2,1-2H3. The Kier molecular flexibility index (Phi) is 2.60. The molecule has 0 spiro atoms. The minimum absolute atomic E-state index is 0.211. The molecular weight excluding hydrogens is 198 g/mol. The van der Waals surface area contributed by atoms with E-state index in [2.05, 4.69) is 11.9 Å². The second kappa shape index (κ2) is 3.61. The quantitative estimate of drug-likeness (QED) is 0.819. The Bertz CT molecular complexity index is 316. The van der Waals surface area contributed by atoms with Gasteiger partial charge in [0.25, 0.3) is 0 Å². The summed E-state index contributed by atoms with van der Waals surface area (Å²) in [4.78, 5) is 5.24. The SMILES string of the molecule is CC(O)c1cnc(C2(C)CCCO2)s1. The van der Waals surface area contributed by atoms with Crippen molar-refractivity contribution in [2.45, 2.75) is 38.4 Å². The summed E-state index contributed by atoms with van der Waals surface area (Å²) in [6.07, 6.45) is 3.45. The third-order valence-electron chi connectivity index (χ3n) is 2.61. The first kappa shape index (κ1) is 10.1. The molecule has 0 aromatic carbocycles. The van der Waals surface area contributed by atoms with E-state index in [0.717, 1.165) is 29.3 Å². The average molecular weight is 213 g/mol. The molecule has 2 heterocycles. The van der Waals surface area contributed by atoms with Crippen LogP contribution < -0.4 is 0 Å². The summed E-state index contributed by atoms with van der Waals surface area (Å²) in [5.74, 6) is 0. The third-order valence-corrected chi connectivity index (χ3v) is 4.02.